The maximum Gasteiger partial charge on any atom is 0.375 e. The van der Waals surface area contributed by atoms with Gasteiger partial charge in [0.15, 0.2) is 0 Å². The van der Waals surface area contributed by atoms with E-state index in [1.54, 1.807) is 13.8 Å². The summed E-state index contributed by atoms with van der Waals surface area (Å²) < 4.78 is 9.14. The molecule has 6 heteroatoms. The molecule has 0 amide bonds. The van der Waals surface area contributed by atoms with Crippen LogP contribution in [0.2, 0.25) is 0 Å². The highest BCUT2D eigenvalue weighted by atomic mass is 32.2. The first-order chi connectivity index (χ1) is 7.11. The van der Waals surface area contributed by atoms with Crippen molar-refractivity contribution in [3.8, 4) is 0 Å². The van der Waals surface area contributed by atoms with Crippen molar-refractivity contribution in [2.45, 2.75) is 13.8 Å². The Kier molecular flexibility index (Phi) is 7.71. The average molecular weight is 234 g/mol. The SMILES string of the molecule is CCOC(=O)CSCC(=O)C(=O)OCC. The second-order valence-corrected chi connectivity index (χ2v) is 3.43. The highest BCUT2D eigenvalue weighted by molar-refractivity contribution is 8.00. The van der Waals surface area contributed by atoms with Crippen molar-refractivity contribution < 1.29 is 23.9 Å². The minimum absolute atomic E-state index is 0.0579. The summed E-state index contributed by atoms with van der Waals surface area (Å²) in [6.45, 7) is 3.81. The topological polar surface area (TPSA) is 69.7 Å². The number of esters is 2. The molecule has 0 heterocycles. The van der Waals surface area contributed by atoms with Crippen LogP contribution in [0.25, 0.3) is 0 Å². The minimum atomic E-state index is -0.853. The molecule has 0 N–H and O–H groups in total. The van der Waals surface area contributed by atoms with Gasteiger partial charge < -0.3 is 9.47 Å². The molecule has 0 aromatic rings. The van der Waals surface area contributed by atoms with Crippen LogP contribution in [0.4, 0.5) is 0 Å². The predicted octanol–water partition coefficient (Wildman–Crippen LogP) is 0.415. The quantitative estimate of drug-likeness (QED) is 0.469. The van der Waals surface area contributed by atoms with Crippen molar-refractivity contribution in [2.75, 3.05) is 24.7 Å². The summed E-state index contributed by atoms with van der Waals surface area (Å²) >= 11 is 1.04. The van der Waals surface area contributed by atoms with Crippen LogP contribution in [0, 0.1) is 0 Å². The molecular formula is C9H14O5S. The number of thioether (sulfide) groups is 1. The lowest BCUT2D eigenvalue weighted by molar-refractivity contribution is -0.152. The van der Waals surface area contributed by atoms with Crippen molar-refractivity contribution in [3.63, 3.8) is 0 Å². The molecule has 0 aromatic carbocycles. The summed E-state index contributed by atoms with van der Waals surface area (Å²) in [4.78, 5) is 32.7. The van der Waals surface area contributed by atoms with Gasteiger partial charge in [0, 0.05) is 0 Å². The molecule has 0 aromatic heterocycles. The maximum absolute atomic E-state index is 11.0. The Balaban J connectivity index is 3.63. The van der Waals surface area contributed by atoms with Crippen LogP contribution in [-0.2, 0) is 23.9 Å². The van der Waals surface area contributed by atoms with Crippen LogP contribution in [0.1, 0.15) is 13.8 Å². The summed E-state index contributed by atoms with van der Waals surface area (Å²) in [7, 11) is 0. The third kappa shape index (κ3) is 6.96. The van der Waals surface area contributed by atoms with E-state index >= 15 is 0 Å². The Morgan fingerprint density at radius 2 is 1.60 bits per heavy atom. The third-order valence-corrected chi connectivity index (χ3v) is 2.17. The van der Waals surface area contributed by atoms with Crippen LogP contribution < -0.4 is 0 Å². The van der Waals surface area contributed by atoms with Crippen molar-refractivity contribution in [2.24, 2.45) is 0 Å². The van der Waals surface area contributed by atoms with Gasteiger partial charge in [0.1, 0.15) is 0 Å². The van der Waals surface area contributed by atoms with Crippen LogP contribution in [0.3, 0.4) is 0 Å². The first kappa shape index (κ1) is 14.0. The summed E-state index contributed by atoms with van der Waals surface area (Å²) in [5.74, 6) is -1.87. The summed E-state index contributed by atoms with van der Waals surface area (Å²) in [6, 6.07) is 0. The summed E-state index contributed by atoms with van der Waals surface area (Å²) in [5, 5.41) is 0. The zero-order valence-corrected chi connectivity index (χ0v) is 9.59. The van der Waals surface area contributed by atoms with Crippen LogP contribution in [-0.4, -0.2) is 42.4 Å². The van der Waals surface area contributed by atoms with Gasteiger partial charge in [-0.05, 0) is 13.8 Å². The molecule has 15 heavy (non-hydrogen) atoms. The van der Waals surface area contributed by atoms with E-state index < -0.39 is 11.8 Å². The molecule has 0 saturated carbocycles. The Labute approximate surface area is 92.5 Å². The first-order valence-electron chi connectivity index (χ1n) is 4.55. The summed E-state index contributed by atoms with van der Waals surface area (Å²) in [6.07, 6.45) is 0. The van der Waals surface area contributed by atoms with Gasteiger partial charge in [0.25, 0.3) is 0 Å². The third-order valence-electron chi connectivity index (χ3n) is 1.26. The molecule has 86 valence electrons. The number of Topliss-reactive ketones (excluding diaryl/α,β-unsaturated/α-hetero) is 1. The van der Waals surface area contributed by atoms with Crippen LogP contribution in [0.5, 0.6) is 0 Å². The summed E-state index contributed by atoms with van der Waals surface area (Å²) in [5.41, 5.74) is 0. The number of ether oxygens (including phenoxy) is 2. The number of carbonyl (C=O) groups excluding carboxylic acids is 3. The van der Waals surface area contributed by atoms with E-state index in [2.05, 4.69) is 9.47 Å². The molecule has 0 aliphatic heterocycles. The monoisotopic (exact) mass is 234 g/mol. The molecular weight excluding hydrogens is 220 g/mol. The molecule has 0 spiro atoms. The van der Waals surface area contributed by atoms with Gasteiger partial charge in [-0.3, -0.25) is 9.59 Å². The molecule has 0 fully saturated rings. The molecule has 0 unspecified atom stereocenters. The molecule has 0 aliphatic carbocycles. The molecule has 0 saturated heterocycles. The van der Waals surface area contributed by atoms with E-state index in [0.717, 1.165) is 11.8 Å². The zero-order chi connectivity index (χ0) is 11.7. The Bertz CT molecular complexity index is 239. The highest BCUT2D eigenvalue weighted by Crippen LogP contribution is 2.01. The number of ketones is 1. The fourth-order valence-corrected chi connectivity index (χ4v) is 1.36. The lowest BCUT2D eigenvalue weighted by Crippen LogP contribution is -2.20. The van der Waals surface area contributed by atoms with Gasteiger partial charge in [-0.15, -0.1) is 11.8 Å². The van der Waals surface area contributed by atoms with Crippen molar-refractivity contribution >= 4 is 29.5 Å². The maximum atomic E-state index is 11.0. The Hall–Kier alpha value is -1.04. The Morgan fingerprint density at radius 1 is 1.00 bits per heavy atom. The van der Waals surface area contributed by atoms with E-state index in [1.807, 2.05) is 0 Å². The second-order valence-electron chi connectivity index (χ2n) is 2.44. The number of carbonyl (C=O) groups is 3. The molecule has 5 nitrogen and oxygen atoms in total. The highest BCUT2D eigenvalue weighted by Gasteiger charge is 2.15. The smallest absolute Gasteiger partial charge is 0.375 e. The van der Waals surface area contributed by atoms with Gasteiger partial charge >= 0.3 is 11.9 Å². The Morgan fingerprint density at radius 3 is 2.13 bits per heavy atom. The standard InChI is InChI=1S/C9H14O5S/c1-3-13-8(11)6-15-5-7(10)9(12)14-4-2/h3-6H2,1-2H3. The van der Waals surface area contributed by atoms with Crippen molar-refractivity contribution in [1.29, 1.82) is 0 Å². The second kappa shape index (κ2) is 8.28. The van der Waals surface area contributed by atoms with E-state index in [0.29, 0.717) is 6.61 Å². The predicted molar refractivity (Wildman–Crippen MR) is 55.6 cm³/mol. The van der Waals surface area contributed by atoms with Gasteiger partial charge in [-0.1, -0.05) is 0 Å². The van der Waals surface area contributed by atoms with Crippen molar-refractivity contribution in [3.05, 3.63) is 0 Å². The number of rotatable bonds is 7. The van der Waals surface area contributed by atoms with Gasteiger partial charge in [0.05, 0.1) is 24.7 Å². The van der Waals surface area contributed by atoms with Crippen molar-refractivity contribution in [1.82, 2.24) is 0 Å². The minimum Gasteiger partial charge on any atom is -0.465 e. The van der Waals surface area contributed by atoms with E-state index in [9.17, 15) is 14.4 Å². The van der Waals surface area contributed by atoms with E-state index in [1.165, 1.54) is 0 Å². The largest absolute Gasteiger partial charge is 0.465 e. The van der Waals surface area contributed by atoms with Crippen LogP contribution in [0.15, 0.2) is 0 Å². The van der Waals surface area contributed by atoms with E-state index in [4.69, 9.17) is 0 Å². The normalized spacial score (nSPS) is 9.47. The van der Waals surface area contributed by atoms with Gasteiger partial charge in [0.2, 0.25) is 5.78 Å². The fourth-order valence-electron chi connectivity index (χ4n) is 0.700. The molecule has 0 bridgehead atoms. The lowest BCUT2D eigenvalue weighted by atomic mass is 10.5. The lowest BCUT2D eigenvalue weighted by Gasteiger charge is -2.01. The number of hydrogen-bond donors (Lipinski definition) is 0. The van der Waals surface area contributed by atoms with Gasteiger partial charge in [-0.2, -0.15) is 0 Å². The molecule has 0 radical (unpaired) electrons. The first-order valence-corrected chi connectivity index (χ1v) is 5.70. The number of hydrogen-bond acceptors (Lipinski definition) is 6. The molecule has 0 rings (SSSR count). The van der Waals surface area contributed by atoms with E-state index in [-0.39, 0.29) is 24.1 Å². The molecule has 0 aliphatic rings. The zero-order valence-electron chi connectivity index (χ0n) is 8.78. The molecule has 0 atom stereocenters. The van der Waals surface area contributed by atoms with Crippen LogP contribution >= 0.6 is 11.8 Å². The fraction of sp³-hybridized carbons (Fsp3) is 0.667. The van der Waals surface area contributed by atoms with Gasteiger partial charge in [-0.25, -0.2) is 4.79 Å². The average Bonchev–Trinajstić information content (AvgIpc) is 2.18.